The van der Waals surface area contributed by atoms with Crippen molar-refractivity contribution in [1.29, 1.82) is 0 Å². The Morgan fingerprint density at radius 3 is 0.667 bits per heavy atom. The first kappa shape index (κ1) is 41.4. The number of hydrogen-bond donors (Lipinski definition) is 1. The first-order valence-electron chi connectivity index (χ1n) is 19.5. The molecule has 0 saturated carbocycles. The monoisotopic (exact) mass is 595 g/mol. The average Bonchev–Trinajstić information content (AvgIpc) is 3.00. The van der Waals surface area contributed by atoms with E-state index in [1.165, 1.54) is 219 Å². The molecule has 0 saturated heterocycles. The van der Waals surface area contributed by atoms with E-state index in [4.69, 9.17) is 5.11 Å². The maximum absolute atomic E-state index is 11.1. The van der Waals surface area contributed by atoms with Gasteiger partial charge < -0.3 is 9.84 Å². The summed E-state index contributed by atoms with van der Waals surface area (Å²) in [4.78, 5) is 11.1. The Morgan fingerprint density at radius 2 is 0.500 bits per heavy atom. The molecule has 0 aliphatic carbocycles. The standard InChI is InChI=1S/C39H78O3/c1-42-39(41)37-35-33-31-29-27-25-23-21-19-17-15-13-11-9-7-5-3-2-4-6-8-10-12-14-16-18-20-22-24-26-28-30-32-34-36-38-40/h40H,2-38H2,1H3. The lowest BCUT2D eigenvalue weighted by Gasteiger charge is -2.05. The number of unbranched alkanes of at least 4 members (excludes halogenated alkanes) is 34. The van der Waals surface area contributed by atoms with E-state index in [9.17, 15) is 4.79 Å². The van der Waals surface area contributed by atoms with Crippen molar-refractivity contribution in [2.45, 2.75) is 231 Å². The number of carbonyl (C=O) groups excluding carboxylic acids is 1. The van der Waals surface area contributed by atoms with Gasteiger partial charge in [0.1, 0.15) is 0 Å². The van der Waals surface area contributed by atoms with Crippen LogP contribution in [0.5, 0.6) is 0 Å². The largest absolute Gasteiger partial charge is 0.469 e. The van der Waals surface area contributed by atoms with Crippen LogP contribution in [-0.2, 0) is 9.53 Å². The van der Waals surface area contributed by atoms with Crippen molar-refractivity contribution in [1.82, 2.24) is 0 Å². The van der Waals surface area contributed by atoms with E-state index < -0.39 is 0 Å². The van der Waals surface area contributed by atoms with Crippen molar-refractivity contribution in [3.05, 3.63) is 0 Å². The molecule has 42 heavy (non-hydrogen) atoms. The molecular weight excluding hydrogens is 516 g/mol. The molecule has 1 N–H and O–H groups in total. The van der Waals surface area contributed by atoms with Crippen LogP contribution in [0, 0.1) is 0 Å². The highest BCUT2D eigenvalue weighted by Gasteiger charge is 2.00. The molecular formula is C39H78O3. The Labute approximate surface area is 265 Å². The highest BCUT2D eigenvalue weighted by atomic mass is 16.5. The number of methoxy groups -OCH3 is 1. The Balaban J connectivity index is 3.04. The summed E-state index contributed by atoms with van der Waals surface area (Å²) >= 11 is 0. The van der Waals surface area contributed by atoms with E-state index in [2.05, 4.69) is 4.74 Å². The first-order chi connectivity index (χ1) is 20.8. The smallest absolute Gasteiger partial charge is 0.305 e. The summed E-state index contributed by atoms with van der Waals surface area (Å²) in [7, 11) is 1.48. The number of esters is 1. The van der Waals surface area contributed by atoms with Gasteiger partial charge in [0.15, 0.2) is 0 Å². The number of aliphatic hydroxyl groups is 1. The number of hydrogen-bond acceptors (Lipinski definition) is 3. The summed E-state index contributed by atoms with van der Waals surface area (Å²) in [6, 6.07) is 0. The third kappa shape index (κ3) is 37.5. The highest BCUT2D eigenvalue weighted by Crippen LogP contribution is 2.17. The molecule has 0 aliphatic heterocycles. The molecule has 0 amide bonds. The van der Waals surface area contributed by atoms with E-state index in [-0.39, 0.29) is 5.97 Å². The Kier molecular flexibility index (Phi) is 37.9. The van der Waals surface area contributed by atoms with E-state index >= 15 is 0 Å². The van der Waals surface area contributed by atoms with Crippen molar-refractivity contribution in [3.8, 4) is 0 Å². The second kappa shape index (κ2) is 38.5. The minimum Gasteiger partial charge on any atom is -0.469 e. The Bertz CT molecular complexity index is 492. The van der Waals surface area contributed by atoms with Gasteiger partial charge in [0.25, 0.3) is 0 Å². The number of rotatable bonds is 37. The van der Waals surface area contributed by atoms with E-state index in [0.29, 0.717) is 13.0 Å². The van der Waals surface area contributed by atoms with Crippen molar-refractivity contribution in [2.75, 3.05) is 13.7 Å². The molecule has 0 aliphatic rings. The third-order valence-electron chi connectivity index (χ3n) is 9.27. The zero-order valence-electron chi connectivity index (χ0n) is 28.9. The van der Waals surface area contributed by atoms with E-state index in [1.807, 2.05) is 0 Å². The van der Waals surface area contributed by atoms with Gasteiger partial charge in [-0.05, 0) is 12.8 Å². The maximum atomic E-state index is 11.1. The molecule has 0 aromatic carbocycles. The van der Waals surface area contributed by atoms with Crippen molar-refractivity contribution in [3.63, 3.8) is 0 Å². The molecule has 0 fully saturated rings. The molecule has 0 aromatic rings. The quantitative estimate of drug-likeness (QED) is 0.0575. The molecule has 3 heteroatoms. The van der Waals surface area contributed by atoms with Gasteiger partial charge in [-0.1, -0.05) is 212 Å². The summed E-state index contributed by atoms with van der Waals surface area (Å²) in [5.41, 5.74) is 0. The van der Waals surface area contributed by atoms with Gasteiger partial charge in [0.2, 0.25) is 0 Å². The first-order valence-corrected chi connectivity index (χ1v) is 19.5. The molecule has 0 radical (unpaired) electrons. The van der Waals surface area contributed by atoms with Crippen LogP contribution < -0.4 is 0 Å². The van der Waals surface area contributed by atoms with Gasteiger partial charge in [0, 0.05) is 13.0 Å². The van der Waals surface area contributed by atoms with Gasteiger partial charge in [0.05, 0.1) is 7.11 Å². The highest BCUT2D eigenvalue weighted by molar-refractivity contribution is 5.68. The third-order valence-corrected chi connectivity index (χ3v) is 9.27. The van der Waals surface area contributed by atoms with Crippen LogP contribution in [0.15, 0.2) is 0 Å². The zero-order chi connectivity index (χ0) is 30.4. The van der Waals surface area contributed by atoms with Gasteiger partial charge >= 0.3 is 5.97 Å². The van der Waals surface area contributed by atoms with Crippen LogP contribution in [0.25, 0.3) is 0 Å². The second-order valence-electron chi connectivity index (χ2n) is 13.4. The molecule has 0 spiro atoms. The molecule has 0 bridgehead atoms. The minimum atomic E-state index is -0.0617. The minimum absolute atomic E-state index is 0.0617. The normalized spacial score (nSPS) is 11.4. The van der Waals surface area contributed by atoms with Crippen LogP contribution in [0.1, 0.15) is 231 Å². The van der Waals surface area contributed by atoms with Crippen molar-refractivity contribution < 1.29 is 14.6 Å². The van der Waals surface area contributed by atoms with Gasteiger partial charge in [-0.15, -0.1) is 0 Å². The van der Waals surface area contributed by atoms with Crippen LogP contribution in [0.4, 0.5) is 0 Å². The SMILES string of the molecule is COC(=O)CCCCCCCCCCCCCCCCCCCCCCCCCCCCCCCCCCCCCO. The Hall–Kier alpha value is -0.570. The average molecular weight is 595 g/mol. The maximum Gasteiger partial charge on any atom is 0.305 e. The van der Waals surface area contributed by atoms with Crippen LogP contribution in [0.2, 0.25) is 0 Å². The van der Waals surface area contributed by atoms with Crippen molar-refractivity contribution in [2.24, 2.45) is 0 Å². The number of carbonyl (C=O) groups is 1. The van der Waals surface area contributed by atoms with E-state index in [1.54, 1.807) is 0 Å². The summed E-state index contributed by atoms with van der Waals surface area (Å²) in [5, 5.41) is 8.79. The fourth-order valence-corrected chi connectivity index (χ4v) is 6.32. The molecule has 0 aromatic heterocycles. The van der Waals surface area contributed by atoms with Gasteiger partial charge in [-0.25, -0.2) is 0 Å². The lowest BCUT2D eigenvalue weighted by molar-refractivity contribution is -0.140. The van der Waals surface area contributed by atoms with Crippen LogP contribution in [0.3, 0.4) is 0 Å². The predicted octanol–water partition coefficient (Wildman–Crippen LogP) is 13.2. The lowest BCUT2D eigenvalue weighted by atomic mass is 10.0. The van der Waals surface area contributed by atoms with Gasteiger partial charge in [-0.2, -0.15) is 0 Å². The number of ether oxygens (including phenoxy) is 1. The summed E-state index contributed by atoms with van der Waals surface area (Å²) < 4.78 is 4.68. The fourth-order valence-electron chi connectivity index (χ4n) is 6.32. The summed E-state index contributed by atoms with van der Waals surface area (Å²) in [6.07, 6.45) is 49.3. The predicted molar refractivity (Wildman–Crippen MR) is 185 cm³/mol. The molecule has 0 unspecified atom stereocenters. The van der Waals surface area contributed by atoms with Crippen LogP contribution >= 0.6 is 0 Å². The fraction of sp³-hybridized carbons (Fsp3) is 0.974. The topological polar surface area (TPSA) is 46.5 Å². The lowest BCUT2D eigenvalue weighted by Crippen LogP contribution is -1.99. The molecule has 0 rings (SSSR count). The van der Waals surface area contributed by atoms with Crippen LogP contribution in [-0.4, -0.2) is 24.8 Å². The molecule has 0 atom stereocenters. The molecule has 252 valence electrons. The zero-order valence-corrected chi connectivity index (χ0v) is 28.9. The molecule has 0 heterocycles. The summed E-state index contributed by atoms with van der Waals surface area (Å²) in [6.45, 7) is 0.370. The van der Waals surface area contributed by atoms with Gasteiger partial charge in [-0.3, -0.25) is 4.79 Å². The summed E-state index contributed by atoms with van der Waals surface area (Å²) in [5.74, 6) is -0.0617. The molecule has 3 nitrogen and oxygen atoms in total. The van der Waals surface area contributed by atoms with Crippen molar-refractivity contribution >= 4 is 5.97 Å². The number of aliphatic hydroxyl groups excluding tert-OH is 1. The Morgan fingerprint density at radius 1 is 0.333 bits per heavy atom. The van der Waals surface area contributed by atoms with E-state index in [0.717, 1.165) is 12.8 Å². The second-order valence-corrected chi connectivity index (χ2v) is 13.4.